The third-order valence-corrected chi connectivity index (χ3v) is 4.22. The summed E-state index contributed by atoms with van der Waals surface area (Å²) in [5.41, 5.74) is 5.72. The van der Waals surface area contributed by atoms with Crippen molar-refractivity contribution in [3.63, 3.8) is 0 Å². The molecule has 3 heterocycles. The predicted octanol–water partition coefficient (Wildman–Crippen LogP) is 2.08. The molecule has 0 spiro atoms. The van der Waals surface area contributed by atoms with Gasteiger partial charge < -0.3 is 10.6 Å². The number of aromatic nitrogens is 2. The van der Waals surface area contributed by atoms with Crippen molar-refractivity contribution in [2.75, 3.05) is 13.1 Å². The molecule has 1 aliphatic heterocycles. The lowest BCUT2D eigenvalue weighted by Gasteiger charge is -2.18. The number of imidazole rings is 1. The summed E-state index contributed by atoms with van der Waals surface area (Å²) in [5.74, 6) is -0.199. The van der Waals surface area contributed by atoms with Crippen LogP contribution in [0.4, 0.5) is 8.78 Å². The van der Waals surface area contributed by atoms with E-state index >= 15 is 0 Å². The Kier molecular flexibility index (Phi) is 3.82. The highest BCUT2D eigenvalue weighted by Gasteiger charge is 2.33. The number of carbonyl (C=O) groups is 1. The first kappa shape index (κ1) is 14.9. The fourth-order valence-electron chi connectivity index (χ4n) is 2.93. The van der Waals surface area contributed by atoms with Gasteiger partial charge in [0.2, 0.25) is 0 Å². The van der Waals surface area contributed by atoms with Crippen molar-refractivity contribution >= 4 is 11.6 Å². The molecule has 0 bridgehead atoms. The zero-order valence-corrected chi connectivity index (χ0v) is 12.2. The number of fused-ring (bicyclic) bond motifs is 1. The van der Waals surface area contributed by atoms with E-state index < -0.39 is 18.0 Å². The number of amides is 1. The molecule has 0 aromatic carbocycles. The average Bonchev–Trinajstić information content (AvgIpc) is 3.11. The molecular formula is C15H18F2N4O. The summed E-state index contributed by atoms with van der Waals surface area (Å²) in [6, 6.07) is 4.98. The second kappa shape index (κ2) is 5.64. The lowest BCUT2D eigenvalue weighted by molar-refractivity contribution is 0.0765. The molecule has 1 amide bonds. The molecule has 2 N–H and O–H groups in total. The van der Waals surface area contributed by atoms with Crippen LogP contribution < -0.4 is 5.73 Å². The van der Waals surface area contributed by atoms with Crippen molar-refractivity contribution in [3.8, 4) is 0 Å². The fraction of sp³-hybridized carbons (Fsp3) is 0.467. The number of nitrogens with zero attached hydrogens (tertiary/aromatic N) is 3. The number of halogens is 2. The highest BCUT2D eigenvalue weighted by molar-refractivity contribution is 5.95. The van der Waals surface area contributed by atoms with Crippen molar-refractivity contribution in [2.24, 2.45) is 11.7 Å². The van der Waals surface area contributed by atoms with E-state index in [0.717, 1.165) is 6.42 Å². The standard InChI is InChI=1S/C15H18F2N4O/c1-9(18)10-5-7-20(8-10)15(22)13-12(14(16)17)19-11-4-2-3-6-21(11)13/h2-4,6,9-10,14H,5,7-8,18H2,1H3. The van der Waals surface area contributed by atoms with Crippen LogP contribution in [0.5, 0.6) is 0 Å². The molecule has 2 aromatic rings. The van der Waals surface area contributed by atoms with E-state index in [1.807, 2.05) is 6.92 Å². The SMILES string of the molecule is CC(N)C1CCN(C(=O)c2c(C(F)F)nc3ccccn23)C1. The topological polar surface area (TPSA) is 63.6 Å². The van der Waals surface area contributed by atoms with Gasteiger partial charge in [-0.1, -0.05) is 6.07 Å². The number of rotatable bonds is 3. The van der Waals surface area contributed by atoms with Gasteiger partial charge >= 0.3 is 0 Å². The molecule has 0 aliphatic carbocycles. The van der Waals surface area contributed by atoms with Crippen LogP contribution in [0.15, 0.2) is 24.4 Å². The Bertz CT molecular complexity index is 698. The minimum absolute atomic E-state index is 0.0189. The van der Waals surface area contributed by atoms with E-state index in [0.29, 0.717) is 18.7 Å². The van der Waals surface area contributed by atoms with Gasteiger partial charge in [-0.3, -0.25) is 9.20 Å². The number of pyridine rings is 1. The van der Waals surface area contributed by atoms with Crippen molar-refractivity contribution in [1.29, 1.82) is 0 Å². The van der Waals surface area contributed by atoms with Gasteiger partial charge in [-0.25, -0.2) is 13.8 Å². The number of hydrogen-bond acceptors (Lipinski definition) is 3. The molecule has 2 unspecified atom stereocenters. The van der Waals surface area contributed by atoms with Crippen LogP contribution in [0.25, 0.3) is 5.65 Å². The molecular weight excluding hydrogens is 290 g/mol. The summed E-state index contributed by atoms with van der Waals surface area (Å²) in [7, 11) is 0. The second-order valence-corrected chi connectivity index (χ2v) is 5.73. The average molecular weight is 308 g/mol. The Hall–Kier alpha value is -2.02. The molecule has 2 aromatic heterocycles. The summed E-state index contributed by atoms with van der Waals surface area (Å²) in [4.78, 5) is 18.2. The van der Waals surface area contributed by atoms with Crippen LogP contribution in [0.3, 0.4) is 0 Å². The van der Waals surface area contributed by atoms with E-state index in [1.54, 1.807) is 29.3 Å². The van der Waals surface area contributed by atoms with E-state index in [9.17, 15) is 13.6 Å². The molecule has 1 saturated heterocycles. The molecule has 1 aliphatic rings. The first-order valence-corrected chi connectivity index (χ1v) is 7.29. The smallest absolute Gasteiger partial charge is 0.282 e. The zero-order chi connectivity index (χ0) is 15.9. The van der Waals surface area contributed by atoms with E-state index in [-0.39, 0.29) is 17.7 Å². The minimum atomic E-state index is -2.79. The van der Waals surface area contributed by atoms with Crippen LogP contribution in [0.2, 0.25) is 0 Å². The summed E-state index contributed by atoms with van der Waals surface area (Å²) >= 11 is 0. The normalized spacial score (nSPS) is 20.0. The highest BCUT2D eigenvalue weighted by atomic mass is 19.3. The van der Waals surface area contributed by atoms with Crippen molar-refractivity contribution in [3.05, 3.63) is 35.8 Å². The molecule has 0 saturated carbocycles. The predicted molar refractivity (Wildman–Crippen MR) is 77.8 cm³/mol. The molecule has 3 rings (SSSR count). The van der Waals surface area contributed by atoms with Gasteiger partial charge in [-0.15, -0.1) is 0 Å². The third-order valence-electron chi connectivity index (χ3n) is 4.22. The molecule has 0 radical (unpaired) electrons. The highest BCUT2D eigenvalue weighted by Crippen LogP contribution is 2.27. The second-order valence-electron chi connectivity index (χ2n) is 5.73. The lowest BCUT2D eigenvalue weighted by Crippen LogP contribution is -2.34. The van der Waals surface area contributed by atoms with Crippen LogP contribution in [-0.4, -0.2) is 39.3 Å². The van der Waals surface area contributed by atoms with E-state index in [2.05, 4.69) is 4.98 Å². The number of nitrogens with two attached hydrogens (primary N) is 1. The van der Waals surface area contributed by atoms with E-state index in [4.69, 9.17) is 5.73 Å². The monoisotopic (exact) mass is 308 g/mol. The molecule has 118 valence electrons. The summed E-state index contributed by atoms with van der Waals surface area (Å²) in [6.07, 6.45) is -0.407. The van der Waals surface area contributed by atoms with Gasteiger partial charge in [0.1, 0.15) is 17.0 Å². The van der Waals surface area contributed by atoms with Crippen LogP contribution >= 0.6 is 0 Å². The van der Waals surface area contributed by atoms with Gasteiger partial charge in [-0.05, 0) is 31.4 Å². The van der Waals surface area contributed by atoms with Gasteiger partial charge in [0.05, 0.1) is 0 Å². The summed E-state index contributed by atoms with van der Waals surface area (Å²) < 4.78 is 27.9. The fourth-order valence-corrected chi connectivity index (χ4v) is 2.93. The number of carbonyl (C=O) groups excluding carboxylic acids is 1. The molecule has 1 fully saturated rings. The maximum absolute atomic E-state index is 13.3. The lowest BCUT2D eigenvalue weighted by atomic mass is 10.0. The Labute approximate surface area is 126 Å². The number of hydrogen-bond donors (Lipinski definition) is 1. The first-order chi connectivity index (χ1) is 10.5. The maximum atomic E-state index is 13.3. The van der Waals surface area contributed by atoms with Gasteiger partial charge in [-0.2, -0.15) is 0 Å². The Balaban J connectivity index is 1.99. The Morgan fingerprint density at radius 2 is 2.23 bits per heavy atom. The summed E-state index contributed by atoms with van der Waals surface area (Å²) in [6.45, 7) is 2.94. The largest absolute Gasteiger partial charge is 0.337 e. The maximum Gasteiger partial charge on any atom is 0.282 e. The van der Waals surface area contributed by atoms with Gasteiger partial charge in [0.15, 0.2) is 0 Å². The van der Waals surface area contributed by atoms with Crippen LogP contribution in [-0.2, 0) is 0 Å². The van der Waals surface area contributed by atoms with Crippen molar-refractivity contribution in [2.45, 2.75) is 25.8 Å². The Morgan fingerprint density at radius 3 is 2.86 bits per heavy atom. The zero-order valence-electron chi connectivity index (χ0n) is 12.2. The summed E-state index contributed by atoms with van der Waals surface area (Å²) in [5, 5.41) is 0. The number of alkyl halides is 2. The van der Waals surface area contributed by atoms with E-state index in [1.165, 1.54) is 4.40 Å². The van der Waals surface area contributed by atoms with Crippen LogP contribution in [0, 0.1) is 5.92 Å². The quantitative estimate of drug-likeness (QED) is 0.944. The van der Waals surface area contributed by atoms with Crippen LogP contribution in [0.1, 0.15) is 36.0 Å². The molecule has 2 atom stereocenters. The van der Waals surface area contributed by atoms with Gasteiger partial charge in [0, 0.05) is 25.3 Å². The van der Waals surface area contributed by atoms with Crippen molar-refractivity contribution < 1.29 is 13.6 Å². The van der Waals surface area contributed by atoms with Gasteiger partial charge in [0.25, 0.3) is 12.3 Å². The first-order valence-electron chi connectivity index (χ1n) is 7.29. The Morgan fingerprint density at radius 1 is 1.45 bits per heavy atom. The van der Waals surface area contributed by atoms with Crippen molar-refractivity contribution in [1.82, 2.24) is 14.3 Å². The molecule has 5 nitrogen and oxygen atoms in total. The number of likely N-dealkylation sites (tertiary alicyclic amines) is 1. The molecule has 22 heavy (non-hydrogen) atoms. The third kappa shape index (κ3) is 2.45. The molecule has 7 heteroatoms. The minimum Gasteiger partial charge on any atom is -0.337 e.